The van der Waals surface area contributed by atoms with Crippen molar-refractivity contribution < 1.29 is 17.9 Å². The van der Waals surface area contributed by atoms with E-state index in [1.54, 1.807) is 6.07 Å². The van der Waals surface area contributed by atoms with Crippen molar-refractivity contribution in [2.75, 3.05) is 17.1 Å². The second-order valence-corrected chi connectivity index (χ2v) is 10.3. The molecule has 1 aliphatic rings. The highest BCUT2D eigenvalue weighted by Crippen LogP contribution is 2.42. The maximum Gasteiger partial charge on any atom is 0.241 e. The van der Waals surface area contributed by atoms with Crippen molar-refractivity contribution in [3.8, 4) is 5.75 Å². The SMILES string of the molecule is CCC1(CC)C[C@H](NC(=O)CN(c2cc(C)ccc2C)S(C)(=O)=O)c2ccccc2O1. The Hall–Kier alpha value is -2.54. The second-order valence-electron chi connectivity index (χ2n) is 8.41. The molecule has 1 heterocycles. The first-order valence-corrected chi connectivity index (χ1v) is 12.6. The third-order valence-corrected chi connectivity index (χ3v) is 7.27. The van der Waals surface area contributed by atoms with Gasteiger partial charge in [-0.15, -0.1) is 0 Å². The van der Waals surface area contributed by atoms with E-state index in [-0.39, 0.29) is 24.1 Å². The van der Waals surface area contributed by atoms with Gasteiger partial charge in [-0.25, -0.2) is 8.42 Å². The van der Waals surface area contributed by atoms with Crippen molar-refractivity contribution in [1.82, 2.24) is 5.32 Å². The van der Waals surface area contributed by atoms with Crippen LogP contribution in [0.25, 0.3) is 0 Å². The van der Waals surface area contributed by atoms with Gasteiger partial charge in [0.05, 0.1) is 18.0 Å². The number of benzene rings is 2. The van der Waals surface area contributed by atoms with Crippen molar-refractivity contribution in [3.63, 3.8) is 0 Å². The molecule has 0 aliphatic carbocycles. The minimum Gasteiger partial charge on any atom is -0.487 e. The predicted octanol–water partition coefficient (Wildman–Crippen LogP) is 4.27. The molecule has 2 aromatic carbocycles. The Morgan fingerprint density at radius 2 is 1.84 bits per heavy atom. The van der Waals surface area contributed by atoms with Crippen molar-refractivity contribution in [1.29, 1.82) is 0 Å². The molecule has 1 atom stereocenters. The minimum absolute atomic E-state index is 0.239. The van der Waals surface area contributed by atoms with E-state index in [0.29, 0.717) is 12.1 Å². The molecule has 1 amide bonds. The number of para-hydroxylation sites is 1. The highest BCUT2D eigenvalue weighted by atomic mass is 32.2. The van der Waals surface area contributed by atoms with Crippen LogP contribution in [0.3, 0.4) is 0 Å². The molecule has 7 heteroatoms. The summed E-state index contributed by atoms with van der Waals surface area (Å²) in [6, 6.07) is 13.1. The Labute approximate surface area is 185 Å². The number of aryl methyl sites for hydroxylation is 2. The van der Waals surface area contributed by atoms with Gasteiger partial charge in [-0.05, 0) is 49.9 Å². The molecule has 3 rings (SSSR count). The lowest BCUT2D eigenvalue weighted by Gasteiger charge is -2.41. The molecule has 6 nitrogen and oxygen atoms in total. The Balaban J connectivity index is 1.88. The minimum atomic E-state index is -3.64. The summed E-state index contributed by atoms with van der Waals surface area (Å²) in [5.41, 5.74) is 2.84. The van der Waals surface area contributed by atoms with Crippen LogP contribution in [0.5, 0.6) is 5.75 Å². The number of anilines is 1. The van der Waals surface area contributed by atoms with E-state index in [4.69, 9.17) is 4.74 Å². The zero-order valence-electron chi connectivity index (χ0n) is 18.9. The van der Waals surface area contributed by atoms with Crippen LogP contribution in [0.2, 0.25) is 0 Å². The average Bonchev–Trinajstić information content (AvgIpc) is 2.73. The van der Waals surface area contributed by atoms with Crippen LogP contribution in [0.4, 0.5) is 5.69 Å². The fraction of sp³-hybridized carbons (Fsp3) is 0.458. The smallest absolute Gasteiger partial charge is 0.241 e. The quantitative estimate of drug-likeness (QED) is 0.692. The summed E-state index contributed by atoms with van der Waals surface area (Å²) in [5, 5.41) is 3.08. The van der Waals surface area contributed by atoms with Crippen LogP contribution in [0.1, 0.15) is 55.8 Å². The van der Waals surface area contributed by atoms with E-state index >= 15 is 0 Å². The maximum absolute atomic E-state index is 13.1. The summed E-state index contributed by atoms with van der Waals surface area (Å²) >= 11 is 0. The van der Waals surface area contributed by atoms with Crippen LogP contribution in [-0.4, -0.2) is 32.7 Å². The summed E-state index contributed by atoms with van der Waals surface area (Å²) in [6.07, 6.45) is 3.42. The molecule has 0 unspecified atom stereocenters. The van der Waals surface area contributed by atoms with Gasteiger partial charge in [-0.2, -0.15) is 0 Å². The largest absolute Gasteiger partial charge is 0.487 e. The number of nitrogens with zero attached hydrogens (tertiary/aromatic N) is 1. The third-order valence-electron chi connectivity index (χ3n) is 6.14. The second kappa shape index (κ2) is 8.91. The topological polar surface area (TPSA) is 75.7 Å². The van der Waals surface area contributed by atoms with Gasteiger partial charge >= 0.3 is 0 Å². The first-order valence-electron chi connectivity index (χ1n) is 10.7. The van der Waals surface area contributed by atoms with Crippen LogP contribution in [-0.2, 0) is 14.8 Å². The van der Waals surface area contributed by atoms with Crippen LogP contribution in [0, 0.1) is 13.8 Å². The Bertz CT molecular complexity index is 1060. The molecule has 0 aromatic heterocycles. The molecule has 0 fully saturated rings. The third kappa shape index (κ3) is 5.03. The molecule has 0 spiro atoms. The molecule has 0 saturated carbocycles. The predicted molar refractivity (Wildman–Crippen MR) is 124 cm³/mol. The van der Waals surface area contributed by atoms with E-state index in [0.717, 1.165) is 41.5 Å². The van der Waals surface area contributed by atoms with Gasteiger partial charge in [-0.1, -0.05) is 44.2 Å². The highest BCUT2D eigenvalue weighted by molar-refractivity contribution is 7.92. The van der Waals surface area contributed by atoms with Gasteiger partial charge in [0.25, 0.3) is 0 Å². The van der Waals surface area contributed by atoms with E-state index in [2.05, 4.69) is 19.2 Å². The lowest BCUT2D eigenvalue weighted by atomic mass is 9.83. The number of fused-ring (bicyclic) bond motifs is 1. The van der Waals surface area contributed by atoms with Crippen molar-refractivity contribution in [3.05, 3.63) is 59.2 Å². The zero-order chi connectivity index (χ0) is 22.8. The summed E-state index contributed by atoms with van der Waals surface area (Å²) in [4.78, 5) is 13.1. The Morgan fingerprint density at radius 1 is 1.16 bits per heavy atom. The van der Waals surface area contributed by atoms with E-state index in [9.17, 15) is 13.2 Å². The van der Waals surface area contributed by atoms with Gasteiger partial charge in [-0.3, -0.25) is 9.10 Å². The fourth-order valence-corrected chi connectivity index (χ4v) is 5.08. The average molecular weight is 445 g/mol. The van der Waals surface area contributed by atoms with Gasteiger partial charge in [0, 0.05) is 12.0 Å². The number of sulfonamides is 1. The summed E-state index contributed by atoms with van der Waals surface area (Å²) in [7, 11) is -3.64. The van der Waals surface area contributed by atoms with Gasteiger partial charge in [0.2, 0.25) is 15.9 Å². The highest BCUT2D eigenvalue weighted by Gasteiger charge is 2.39. The van der Waals surface area contributed by atoms with Crippen molar-refractivity contribution in [2.45, 2.75) is 58.6 Å². The molecule has 0 radical (unpaired) electrons. The molecule has 168 valence electrons. The zero-order valence-corrected chi connectivity index (χ0v) is 19.8. The summed E-state index contributed by atoms with van der Waals surface area (Å²) in [6.45, 7) is 7.65. The number of carbonyl (C=O) groups excluding carboxylic acids is 1. The number of amides is 1. The number of rotatable bonds is 7. The Morgan fingerprint density at radius 3 is 2.48 bits per heavy atom. The van der Waals surface area contributed by atoms with Gasteiger partial charge < -0.3 is 10.1 Å². The van der Waals surface area contributed by atoms with E-state index in [1.807, 2.05) is 50.2 Å². The van der Waals surface area contributed by atoms with Crippen LogP contribution < -0.4 is 14.4 Å². The molecule has 0 saturated heterocycles. The van der Waals surface area contributed by atoms with E-state index < -0.39 is 10.0 Å². The van der Waals surface area contributed by atoms with Gasteiger partial charge in [0.1, 0.15) is 17.9 Å². The first-order chi connectivity index (χ1) is 14.6. The van der Waals surface area contributed by atoms with Gasteiger partial charge in [0.15, 0.2) is 0 Å². The lowest BCUT2D eigenvalue weighted by molar-refractivity contribution is -0.121. The van der Waals surface area contributed by atoms with Crippen molar-refractivity contribution >= 4 is 21.6 Å². The molecule has 1 N–H and O–H groups in total. The summed E-state index contributed by atoms with van der Waals surface area (Å²) in [5.74, 6) is 0.436. The van der Waals surface area contributed by atoms with Crippen molar-refractivity contribution in [2.24, 2.45) is 0 Å². The monoisotopic (exact) mass is 444 g/mol. The van der Waals surface area contributed by atoms with E-state index in [1.165, 1.54) is 4.31 Å². The molecule has 0 bridgehead atoms. The molecular formula is C24H32N2O4S. The number of hydrogen-bond donors (Lipinski definition) is 1. The Kier molecular flexibility index (Phi) is 6.65. The normalized spacial score (nSPS) is 17.4. The van der Waals surface area contributed by atoms with Crippen LogP contribution in [0.15, 0.2) is 42.5 Å². The molecule has 31 heavy (non-hydrogen) atoms. The fourth-order valence-electron chi connectivity index (χ4n) is 4.17. The number of nitrogens with one attached hydrogen (secondary N) is 1. The summed E-state index contributed by atoms with van der Waals surface area (Å²) < 4.78 is 32.6. The maximum atomic E-state index is 13.1. The standard InChI is InChI=1S/C24H32N2O4S/c1-6-24(7-2)15-20(19-10-8-9-11-22(19)30-24)25-23(27)16-26(31(5,28)29)21-14-17(3)12-13-18(21)4/h8-14,20H,6-7,15-16H2,1-5H3,(H,25,27)/t20-/m0/s1. The molecular weight excluding hydrogens is 412 g/mol. The first kappa shape index (κ1) is 23.1. The number of hydrogen-bond acceptors (Lipinski definition) is 4. The molecule has 2 aromatic rings. The molecule has 1 aliphatic heterocycles. The lowest BCUT2D eigenvalue weighted by Crippen LogP contribution is -2.47. The van der Waals surface area contributed by atoms with Crippen LogP contribution >= 0.6 is 0 Å². The number of ether oxygens (including phenoxy) is 1. The number of carbonyl (C=O) groups is 1.